The molecule has 2 aliphatic heterocycles. The summed E-state index contributed by atoms with van der Waals surface area (Å²) in [6.07, 6.45) is 4.26. The summed E-state index contributed by atoms with van der Waals surface area (Å²) in [5, 5.41) is 3.83. The van der Waals surface area contributed by atoms with E-state index >= 15 is 0 Å². The van der Waals surface area contributed by atoms with Gasteiger partial charge >= 0.3 is 0 Å². The minimum atomic E-state index is -0.201. The van der Waals surface area contributed by atoms with Crippen LogP contribution in [0.4, 0.5) is 11.5 Å². The second-order valence-electron chi connectivity index (χ2n) is 8.48. The van der Waals surface area contributed by atoms with E-state index < -0.39 is 0 Å². The van der Waals surface area contributed by atoms with Crippen molar-refractivity contribution in [3.05, 3.63) is 52.7 Å². The molecule has 1 aromatic carbocycles. The zero-order valence-corrected chi connectivity index (χ0v) is 18.1. The number of nitrogens with one attached hydrogen (secondary N) is 1. The fourth-order valence-electron chi connectivity index (χ4n) is 4.54. The number of rotatable bonds is 4. The molecule has 0 aliphatic carbocycles. The molecule has 5 nitrogen and oxygen atoms in total. The minimum Gasteiger partial charge on any atom is -0.341 e. The lowest BCUT2D eigenvalue weighted by atomic mass is 9.89. The highest BCUT2D eigenvalue weighted by Crippen LogP contribution is 2.33. The predicted octanol–water partition coefficient (Wildman–Crippen LogP) is 4.67. The molecular formula is C23H29ClN4O. The Hall–Kier alpha value is -2.11. The number of nitrogens with zero attached hydrogens (tertiary/aromatic N) is 3. The first-order chi connectivity index (χ1) is 13.9. The zero-order valence-electron chi connectivity index (χ0n) is 17.4. The first kappa shape index (κ1) is 20.2. The molecule has 1 fully saturated rings. The van der Waals surface area contributed by atoms with E-state index in [1.54, 1.807) is 0 Å². The molecule has 0 unspecified atom stereocenters. The first-order valence-corrected chi connectivity index (χ1v) is 10.9. The SMILES string of the molecule is CC(C)N1c2ncc(CN3CCC(c4ccc(Cl)cc4)CC3)cc2NC(=O)[C@@H]1C. The number of likely N-dealkylation sites (tertiary alicyclic amines) is 1. The molecule has 1 aromatic heterocycles. The molecule has 3 heterocycles. The second-order valence-corrected chi connectivity index (χ2v) is 8.92. The summed E-state index contributed by atoms with van der Waals surface area (Å²) in [5.41, 5.74) is 3.36. The Morgan fingerprint density at radius 3 is 2.55 bits per heavy atom. The van der Waals surface area contributed by atoms with Crippen molar-refractivity contribution in [2.24, 2.45) is 0 Å². The van der Waals surface area contributed by atoms with E-state index in [4.69, 9.17) is 16.6 Å². The molecule has 1 saturated heterocycles. The molecule has 2 aromatic rings. The quantitative estimate of drug-likeness (QED) is 0.792. The molecule has 0 radical (unpaired) electrons. The van der Waals surface area contributed by atoms with Gasteiger partial charge in [-0.25, -0.2) is 4.98 Å². The van der Waals surface area contributed by atoms with Gasteiger partial charge in [0.1, 0.15) is 6.04 Å². The second kappa shape index (κ2) is 8.33. The maximum Gasteiger partial charge on any atom is 0.246 e. The molecule has 0 bridgehead atoms. The third-order valence-electron chi connectivity index (χ3n) is 6.11. The fourth-order valence-corrected chi connectivity index (χ4v) is 4.67. The van der Waals surface area contributed by atoms with Gasteiger partial charge in [0.2, 0.25) is 5.91 Å². The number of halogens is 1. The van der Waals surface area contributed by atoms with E-state index in [0.29, 0.717) is 5.92 Å². The smallest absolute Gasteiger partial charge is 0.246 e. The van der Waals surface area contributed by atoms with Gasteiger partial charge in [0.25, 0.3) is 0 Å². The number of fused-ring (bicyclic) bond motifs is 1. The van der Waals surface area contributed by atoms with E-state index in [1.165, 1.54) is 5.56 Å². The Labute approximate surface area is 178 Å². The molecule has 0 spiro atoms. The van der Waals surface area contributed by atoms with Gasteiger partial charge in [0, 0.05) is 23.8 Å². The van der Waals surface area contributed by atoms with Crippen LogP contribution in [-0.4, -0.2) is 41.0 Å². The molecule has 1 N–H and O–H groups in total. The normalized spacial score (nSPS) is 20.7. The van der Waals surface area contributed by atoms with Crippen LogP contribution in [0.25, 0.3) is 0 Å². The van der Waals surface area contributed by atoms with Crippen molar-refractivity contribution in [3.63, 3.8) is 0 Å². The molecule has 154 valence electrons. The van der Waals surface area contributed by atoms with Crippen LogP contribution in [-0.2, 0) is 11.3 Å². The molecule has 6 heteroatoms. The number of piperidine rings is 1. The predicted molar refractivity (Wildman–Crippen MR) is 119 cm³/mol. The van der Waals surface area contributed by atoms with Crippen LogP contribution in [0.5, 0.6) is 0 Å². The van der Waals surface area contributed by atoms with Gasteiger partial charge in [0.05, 0.1) is 5.69 Å². The molecule has 1 atom stereocenters. The molecule has 2 aliphatic rings. The third-order valence-corrected chi connectivity index (χ3v) is 6.37. The monoisotopic (exact) mass is 412 g/mol. The van der Waals surface area contributed by atoms with Gasteiger partial charge in [-0.1, -0.05) is 23.7 Å². The van der Waals surface area contributed by atoms with E-state index in [2.05, 4.69) is 47.2 Å². The minimum absolute atomic E-state index is 0.0360. The van der Waals surface area contributed by atoms with Crippen molar-refractivity contribution in [1.29, 1.82) is 0 Å². The average Bonchev–Trinajstić information content (AvgIpc) is 2.70. The molecule has 29 heavy (non-hydrogen) atoms. The summed E-state index contributed by atoms with van der Waals surface area (Å²) < 4.78 is 0. The van der Waals surface area contributed by atoms with Crippen LogP contribution in [0, 0.1) is 0 Å². The van der Waals surface area contributed by atoms with Crippen LogP contribution in [0.3, 0.4) is 0 Å². The number of benzene rings is 1. The van der Waals surface area contributed by atoms with Crippen molar-refractivity contribution in [2.45, 2.75) is 58.2 Å². The topological polar surface area (TPSA) is 48.5 Å². The standard InChI is InChI=1S/C23H29ClN4O/c1-15(2)28-16(3)23(29)26-21-12-17(13-25-22(21)28)14-27-10-8-19(9-11-27)18-4-6-20(24)7-5-18/h4-7,12-13,15-16,19H,8-11,14H2,1-3H3,(H,26,29)/t16-/m0/s1. The summed E-state index contributed by atoms with van der Waals surface area (Å²) in [4.78, 5) is 21.6. The van der Waals surface area contributed by atoms with Crippen molar-refractivity contribution in [2.75, 3.05) is 23.3 Å². The Bertz CT molecular complexity index is 875. The Kier molecular flexibility index (Phi) is 5.79. The molecule has 4 rings (SSSR count). The Morgan fingerprint density at radius 1 is 1.21 bits per heavy atom. The van der Waals surface area contributed by atoms with Gasteiger partial charge in [0.15, 0.2) is 5.82 Å². The fraction of sp³-hybridized carbons (Fsp3) is 0.478. The first-order valence-electron chi connectivity index (χ1n) is 10.5. The third kappa shape index (κ3) is 4.26. The van der Waals surface area contributed by atoms with Crippen LogP contribution in [0.15, 0.2) is 36.5 Å². The number of hydrogen-bond acceptors (Lipinski definition) is 4. The van der Waals surface area contributed by atoms with Gasteiger partial charge in [-0.2, -0.15) is 0 Å². The molecular weight excluding hydrogens is 384 g/mol. The van der Waals surface area contributed by atoms with Crippen molar-refractivity contribution >= 4 is 29.0 Å². The van der Waals surface area contributed by atoms with Gasteiger partial charge < -0.3 is 10.2 Å². The summed E-state index contributed by atoms with van der Waals surface area (Å²) in [6.45, 7) is 9.11. The van der Waals surface area contributed by atoms with E-state index in [-0.39, 0.29) is 18.0 Å². The Morgan fingerprint density at radius 2 is 1.90 bits per heavy atom. The molecule has 0 saturated carbocycles. The van der Waals surface area contributed by atoms with Crippen LogP contribution in [0.1, 0.15) is 50.7 Å². The number of carbonyl (C=O) groups excluding carboxylic acids is 1. The lowest BCUT2D eigenvalue weighted by Gasteiger charge is -2.38. The van der Waals surface area contributed by atoms with Crippen molar-refractivity contribution in [3.8, 4) is 0 Å². The van der Waals surface area contributed by atoms with Crippen LogP contribution >= 0.6 is 11.6 Å². The highest BCUT2D eigenvalue weighted by molar-refractivity contribution is 6.30. The van der Waals surface area contributed by atoms with Crippen LogP contribution < -0.4 is 10.2 Å². The van der Waals surface area contributed by atoms with E-state index in [1.807, 2.05) is 25.3 Å². The van der Waals surface area contributed by atoms with Crippen LogP contribution in [0.2, 0.25) is 5.02 Å². The number of aromatic nitrogens is 1. The van der Waals surface area contributed by atoms with Crippen molar-refractivity contribution < 1.29 is 4.79 Å². The average molecular weight is 413 g/mol. The van der Waals surface area contributed by atoms with Crippen molar-refractivity contribution in [1.82, 2.24) is 9.88 Å². The number of pyridine rings is 1. The summed E-state index contributed by atoms with van der Waals surface area (Å²) in [7, 11) is 0. The van der Waals surface area contributed by atoms with E-state index in [9.17, 15) is 4.79 Å². The number of carbonyl (C=O) groups is 1. The summed E-state index contributed by atoms with van der Waals surface area (Å²) in [5.74, 6) is 1.51. The summed E-state index contributed by atoms with van der Waals surface area (Å²) in [6, 6.07) is 10.4. The maximum atomic E-state index is 12.4. The highest BCUT2D eigenvalue weighted by atomic mass is 35.5. The number of hydrogen-bond donors (Lipinski definition) is 1. The van der Waals surface area contributed by atoms with Gasteiger partial charge in [-0.05, 0) is 81.9 Å². The lowest BCUT2D eigenvalue weighted by Crippen LogP contribution is -2.50. The van der Waals surface area contributed by atoms with Gasteiger partial charge in [-0.15, -0.1) is 0 Å². The maximum absolute atomic E-state index is 12.4. The number of anilines is 2. The van der Waals surface area contributed by atoms with E-state index in [0.717, 1.165) is 54.6 Å². The summed E-state index contributed by atoms with van der Waals surface area (Å²) >= 11 is 6.01. The zero-order chi connectivity index (χ0) is 20.5. The number of amides is 1. The lowest BCUT2D eigenvalue weighted by molar-refractivity contribution is -0.117. The largest absolute Gasteiger partial charge is 0.341 e. The molecule has 1 amide bonds. The highest BCUT2D eigenvalue weighted by Gasteiger charge is 2.32. The van der Waals surface area contributed by atoms with Gasteiger partial charge in [-0.3, -0.25) is 9.69 Å². The Balaban J connectivity index is 1.42.